The van der Waals surface area contributed by atoms with Gasteiger partial charge in [-0.2, -0.15) is 5.10 Å². The van der Waals surface area contributed by atoms with Crippen LogP contribution in [0.5, 0.6) is 11.5 Å². The molecule has 0 aliphatic carbocycles. The highest BCUT2D eigenvalue weighted by Gasteiger charge is 2.14. The van der Waals surface area contributed by atoms with Gasteiger partial charge >= 0.3 is 0 Å². The highest BCUT2D eigenvalue weighted by molar-refractivity contribution is 7.20. The monoisotopic (exact) mass is 540 g/mol. The van der Waals surface area contributed by atoms with Crippen molar-refractivity contribution in [1.29, 1.82) is 0 Å². The molecule has 0 fully saturated rings. The van der Waals surface area contributed by atoms with E-state index in [0.29, 0.717) is 27.1 Å². The molecule has 188 valence electrons. The van der Waals surface area contributed by atoms with Crippen LogP contribution in [-0.2, 0) is 6.61 Å². The molecule has 4 aromatic rings. The van der Waals surface area contributed by atoms with Crippen LogP contribution in [0.15, 0.2) is 65.8 Å². The number of hydrazone groups is 1. The first kappa shape index (κ1) is 25.5. The number of nitro groups is 2. The summed E-state index contributed by atoms with van der Waals surface area (Å²) in [6.07, 6.45) is 1.38. The van der Waals surface area contributed by atoms with Gasteiger partial charge in [0.1, 0.15) is 6.61 Å². The lowest BCUT2D eigenvalue weighted by Gasteiger charge is -2.13. The Morgan fingerprint density at radius 3 is 2.43 bits per heavy atom. The van der Waals surface area contributed by atoms with Gasteiger partial charge in [0.2, 0.25) is 0 Å². The van der Waals surface area contributed by atoms with Crippen LogP contribution in [0.2, 0.25) is 5.02 Å². The van der Waals surface area contributed by atoms with E-state index in [9.17, 15) is 25.0 Å². The fraction of sp³-hybridized carbons (Fsp3) is 0.0833. The van der Waals surface area contributed by atoms with E-state index in [1.165, 1.54) is 48.9 Å². The van der Waals surface area contributed by atoms with Crippen LogP contribution in [-0.4, -0.2) is 29.1 Å². The Labute approximate surface area is 218 Å². The summed E-state index contributed by atoms with van der Waals surface area (Å²) in [5.41, 5.74) is 3.57. The molecule has 0 aliphatic heterocycles. The van der Waals surface area contributed by atoms with Crippen molar-refractivity contribution in [2.75, 3.05) is 7.11 Å². The van der Waals surface area contributed by atoms with Crippen LogP contribution < -0.4 is 14.9 Å². The Hall–Kier alpha value is -4.55. The summed E-state index contributed by atoms with van der Waals surface area (Å²) in [5, 5.41) is 26.5. The van der Waals surface area contributed by atoms with Crippen molar-refractivity contribution in [2.24, 2.45) is 5.10 Å². The number of nitrogens with zero attached hydrogens (tertiary/aromatic N) is 3. The first-order valence-corrected chi connectivity index (χ1v) is 11.7. The number of amides is 1. The van der Waals surface area contributed by atoms with E-state index in [0.717, 1.165) is 4.70 Å². The molecule has 0 saturated heterocycles. The third-order valence-corrected chi connectivity index (χ3v) is 6.49. The highest BCUT2D eigenvalue weighted by Crippen LogP contribution is 2.36. The number of hydrogen-bond donors (Lipinski definition) is 1. The van der Waals surface area contributed by atoms with Gasteiger partial charge in [-0.25, -0.2) is 5.43 Å². The molecule has 0 saturated carbocycles. The first-order chi connectivity index (χ1) is 17.7. The van der Waals surface area contributed by atoms with E-state index in [1.807, 2.05) is 0 Å². The molecule has 3 aromatic carbocycles. The molecular formula is C24H17ClN4O7S. The van der Waals surface area contributed by atoms with Gasteiger partial charge in [0.25, 0.3) is 17.3 Å². The number of ether oxygens (including phenoxy) is 2. The van der Waals surface area contributed by atoms with Gasteiger partial charge in [0, 0.05) is 34.4 Å². The Bertz CT molecular complexity index is 1540. The molecule has 0 atom stereocenters. The fourth-order valence-electron chi connectivity index (χ4n) is 3.30. The molecule has 13 heteroatoms. The minimum absolute atomic E-state index is 0.0218. The van der Waals surface area contributed by atoms with Crippen LogP contribution in [0.1, 0.15) is 20.8 Å². The molecule has 11 nitrogen and oxygen atoms in total. The zero-order valence-electron chi connectivity index (χ0n) is 19.0. The molecule has 0 radical (unpaired) electrons. The molecule has 0 aliphatic rings. The molecule has 1 heterocycles. The smallest absolute Gasteiger partial charge is 0.281 e. The second-order valence-corrected chi connectivity index (χ2v) is 9.03. The number of rotatable bonds is 9. The van der Waals surface area contributed by atoms with Crippen molar-refractivity contribution < 1.29 is 24.1 Å². The average molecular weight is 541 g/mol. The lowest BCUT2D eigenvalue weighted by Crippen LogP contribution is -2.16. The summed E-state index contributed by atoms with van der Waals surface area (Å²) in [6.45, 7) is 0.107. The normalized spacial score (nSPS) is 11.0. The van der Waals surface area contributed by atoms with Gasteiger partial charge < -0.3 is 9.47 Å². The number of carbonyl (C=O) groups is 1. The number of benzene rings is 3. The van der Waals surface area contributed by atoms with Crippen molar-refractivity contribution in [3.8, 4) is 11.5 Å². The third-order valence-electron chi connectivity index (χ3n) is 5.10. The summed E-state index contributed by atoms with van der Waals surface area (Å²) < 4.78 is 11.9. The zero-order chi connectivity index (χ0) is 26.5. The van der Waals surface area contributed by atoms with Crippen molar-refractivity contribution in [3.63, 3.8) is 0 Å². The quantitative estimate of drug-likeness (QED) is 0.162. The van der Waals surface area contributed by atoms with E-state index in [-0.39, 0.29) is 28.8 Å². The Kier molecular flexibility index (Phi) is 7.60. The minimum atomic E-state index is -0.494. The summed E-state index contributed by atoms with van der Waals surface area (Å²) in [5.74, 6) is 0.137. The SMILES string of the molecule is COc1cc(/C=N\NC(=O)c2cc3cc([N+](=O)[O-])ccc3s2)cc(Cl)c1OCc1ccc([N+](=O)[O-])cc1. The molecule has 0 bridgehead atoms. The number of non-ortho nitro benzene ring substituents is 2. The number of carbonyl (C=O) groups excluding carboxylic acids is 1. The number of halogens is 1. The van der Waals surface area contributed by atoms with Crippen LogP contribution in [0.25, 0.3) is 10.1 Å². The van der Waals surface area contributed by atoms with Gasteiger partial charge in [0.15, 0.2) is 11.5 Å². The number of hydrogen-bond acceptors (Lipinski definition) is 9. The van der Waals surface area contributed by atoms with E-state index in [2.05, 4.69) is 10.5 Å². The zero-order valence-corrected chi connectivity index (χ0v) is 20.6. The second kappa shape index (κ2) is 11.0. The number of thiophene rings is 1. The molecule has 0 spiro atoms. The van der Waals surface area contributed by atoms with E-state index in [1.54, 1.807) is 36.4 Å². The largest absolute Gasteiger partial charge is 0.493 e. The molecule has 0 unspecified atom stereocenters. The van der Waals surface area contributed by atoms with Gasteiger partial charge in [0.05, 0.1) is 33.1 Å². The highest BCUT2D eigenvalue weighted by atomic mass is 35.5. The van der Waals surface area contributed by atoms with E-state index < -0.39 is 15.8 Å². The molecule has 1 N–H and O–H groups in total. The number of methoxy groups -OCH3 is 1. The van der Waals surface area contributed by atoms with Crippen LogP contribution in [0.3, 0.4) is 0 Å². The van der Waals surface area contributed by atoms with Crippen molar-refractivity contribution >= 4 is 56.5 Å². The summed E-state index contributed by atoms with van der Waals surface area (Å²) in [7, 11) is 1.44. The molecule has 37 heavy (non-hydrogen) atoms. The lowest BCUT2D eigenvalue weighted by atomic mass is 10.2. The summed E-state index contributed by atoms with van der Waals surface area (Å²) >= 11 is 7.56. The van der Waals surface area contributed by atoms with Crippen molar-refractivity contribution in [2.45, 2.75) is 6.61 Å². The van der Waals surface area contributed by atoms with Gasteiger partial charge in [-0.05, 0) is 47.5 Å². The third kappa shape index (κ3) is 6.00. The number of nitrogens with one attached hydrogen (secondary N) is 1. The predicted molar refractivity (Wildman–Crippen MR) is 139 cm³/mol. The van der Waals surface area contributed by atoms with E-state index >= 15 is 0 Å². The maximum atomic E-state index is 12.5. The van der Waals surface area contributed by atoms with Gasteiger partial charge in [-0.3, -0.25) is 25.0 Å². The maximum absolute atomic E-state index is 12.5. The molecule has 1 amide bonds. The maximum Gasteiger partial charge on any atom is 0.281 e. The Morgan fingerprint density at radius 2 is 1.76 bits per heavy atom. The second-order valence-electron chi connectivity index (χ2n) is 7.54. The van der Waals surface area contributed by atoms with Crippen LogP contribution in [0, 0.1) is 20.2 Å². The Balaban J connectivity index is 1.43. The summed E-state index contributed by atoms with van der Waals surface area (Å²) in [4.78, 5) is 33.6. The number of nitro benzene ring substituents is 2. The van der Waals surface area contributed by atoms with Crippen molar-refractivity contribution in [1.82, 2.24) is 5.43 Å². The fourth-order valence-corrected chi connectivity index (χ4v) is 4.51. The van der Waals surface area contributed by atoms with E-state index in [4.69, 9.17) is 21.1 Å². The van der Waals surface area contributed by atoms with Gasteiger partial charge in [-0.1, -0.05) is 11.6 Å². The number of fused-ring (bicyclic) bond motifs is 1. The average Bonchev–Trinajstić information content (AvgIpc) is 3.31. The topological polar surface area (TPSA) is 146 Å². The van der Waals surface area contributed by atoms with Crippen molar-refractivity contribution in [3.05, 3.63) is 102 Å². The van der Waals surface area contributed by atoms with Crippen LogP contribution >= 0.6 is 22.9 Å². The molecule has 4 rings (SSSR count). The Morgan fingerprint density at radius 1 is 1.05 bits per heavy atom. The standard InChI is InChI=1S/C24H17ClN4O7S/c1-35-20-9-15(8-19(25)23(20)36-13-14-2-4-17(5-3-14)28(31)32)12-26-27-24(30)22-11-16-10-18(29(33)34)6-7-21(16)37-22/h2-12H,13H2,1H3,(H,27,30)/b26-12-. The minimum Gasteiger partial charge on any atom is -0.493 e. The van der Waals surface area contributed by atoms with Crippen LogP contribution in [0.4, 0.5) is 11.4 Å². The predicted octanol–water partition coefficient (Wildman–Crippen LogP) is 5.72. The molecular weight excluding hydrogens is 524 g/mol. The molecule has 1 aromatic heterocycles. The van der Waals surface area contributed by atoms with Gasteiger partial charge in [-0.15, -0.1) is 11.3 Å². The summed E-state index contributed by atoms with van der Waals surface area (Å²) in [6, 6.07) is 15.1. The lowest BCUT2D eigenvalue weighted by molar-refractivity contribution is -0.385. The first-order valence-electron chi connectivity index (χ1n) is 10.5.